The molecule has 214 valence electrons. The van der Waals surface area contributed by atoms with Gasteiger partial charge in [0.25, 0.3) is 5.91 Å². The lowest BCUT2D eigenvalue weighted by molar-refractivity contribution is -0.235. The highest BCUT2D eigenvalue weighted by atomic mass is 19.4. The topological polar surface area (TPSA) is 79.8 Å². The monoisotopic (exact) mass is 571 g/mol. The molecule has 41 heavy (non-hydrogen) atoms. The Kier molecular flexibility index (Phi) is 7.76. The molecular formula is C29H27F4N4O4+. The largest absolute Gasteiger partial charge is 0.497 e. The summed E-state index contributed by atoms with van der Waals surface area (Å²) in [6, 6.07) is 14.7. The maximum absolute atomic E-state index is 14.0. The van der Waals surface area contributed by atoms with Crippen LogP contribution in [0.3, 0.4) is 0 Å². The molecule has 1 saturated heterocycles. The molecule has 2 amide bonds. The van der Waals surface area contributed by atoms with Crippen LogP contribution in [0.5, 0.6) is 0 Å². The Morgan fingerprint density at radius 1 is 0.951 bits per heavy atom. The zero-order chi connectivity index (χ0) is 29.2. The van der Waals surface area contributed by atoms with Gasteiger partial charge in [0, 0.05) is 54.3 Å². The number of piperidine rings is 1. The molecule has 0 bridgehead atoms. The Morgan fingerprint density at radius 3 is 2.27 bits per heavy atom. The number of amides is 2. The zero-order valence-corrected chi connectivity index (χ0v) is 21.9. The fourth-order valence-electron chi connectivity index (χ4n) is 5.41. The van der Waals surface area contributed by atoms with Crippen molar-refractivity contribution in [1.82, 2.24) is 14.5 Å². The van der Waals surface area contributed by atoms with Gasteiger partial charge in [-0.25, -0.2) is 14.0 Å². The fraction of sp³-hybridized carbons (Fsp3) is 0.310. The summed E-state index contributed by atoms with van der Waals surface area (Å²) in [6.45, 7) is 0.189. The quantitative estimate of drug-likeness (QED) is 0.328. The highest BCUT2D eigenvalue weighted by Crippen LogP contribution is 2.37. The van der Waals surface area contributed by atoms with Gasteiger partial charge in [-0.05, 0) is 53.9 Å². The summed E-state index contributed by atoms with van der Waals surface area (Å²) >= 11 is 0. The zero-order valence-electron chi connectivity index (χ0n) is 21.9. The number of aromatic nitrogens is 1. The van der Waals surface area contributed by atoms with Gasteiger partial charge in [-0.1, -0.05) is 18.2 Å². The number of hydrogen-bond donors (Lipinski definition) is 0. The van der Waals surface area contributed by atoms with Gasteiger partial charge in [0.2, 0.25) is 0 Å². The lowest BCUT2D eigenvalue weighted by Gasteiger charge is -2.38. The molecule has 0 aliphatic carbocycles. The molecule has 1 unspecified atom stereocenters. The number of nitrogens with zero attached hydrogens (tertiary/aromatic N) is 4. The predicted molar refractivity (Wildman–Crippen MR) is 141 cm³/mol. The van der Waals surface area contributed by atoms with Crippen LogP contribution in [0.2, 0.25) is 0 Å². The molecule has 1 aromatic heterocycles. The number of fused-ring (bicyclic) bond motifs is 1. The van der Waals surface area contributed by atoms with Gasteiger partial charge in [0.05, 0.1) is 6.54 Å². The molecule has 0 radical (unpaired) electrons. The van der Waals surface area contributed by atoms with Gasteiger partial charge < -0.3 is 9.80 Å². The Labute approximate surface area is 233 Å². The van der Waals surface area contributed by atoms with E-state index in [-0.39, 0.29) is 30.3 Å². The first kappa shape index (κ1) is 28.2. The van der Waals surface area contributed by atoms with Crippen LogP contribution < -0.4 is 9.55 Å². The number of rotatable bonds is 5. The first-order valence-electron chi connectivity index (χ1n) is 13.1. The summed E-state index contributed by atoms with van der Waals surface area (Å²) < 4.78 is 52.8. The number of alkyl halides is 3. The van der Waals surface area contributed by atoms with Gasteiger partial charge in [-0.15, -0.1) is 0 Å². The van der Waals surface area contributed by atoms with Crippen LogP contribution in [-0.2, 0) is 21.0 Å². The minimum absolute atomic E-state index is 0.0704. The van der Waals surface area contributed by atoms with E-state index in [0.29, 0.717) is 31.5 Å². The molecule has 1 fully saturated rings. The van der Waals surface area contributed by atoms with Crippen LogP contribution in [-0.4, -0.2) is 60.0 Å². The summed E-state index contributed by atoms with van der Waals surface area (Å²) in [5.74, 6) is -4.82. The van der Waals surface area contributed by atoms with E-state index in [2.05, 4.69) is 9.88 Å². The SMILES string of the molecule is O=C(c1ccc(F)cc1)N1CC(=O)[N+](CC2CCN(c3ccncc3)CC2)(OC(=O)C(F)(F)F)c2ccccc2C1. The van der Waals surface area contributed by atoms with Gasteiger partial charge in [-0.3, -0.25) is 14.6 Å². The number of para-hydroxylation sites is 1. The van der Waals surface area contributed by atoms with Crippen molar-refractivity contribution in [1.29, 1.82) is 0 Å². The van der Waals surface area contributed by atoms with Crippen LogP contribution in [0, 0.1) is 11.7 Å². The number of hydroxylamine groups is 2. The molecule has 12 heteroatoms. The number of halogens is 4. The van der Waals surface area contributed by atoms with Crippen molar-refractivity contribution in [2.24, 2.45) is 5.92 Å². The van der Waals surface area contributed by atoms with Crippen LogP contribution in [0.25, 0.3) is 0 Å². The first-order chi connectivity index (χ1) is 19.6. The molecule has 0 N–H and O–H groups in total. The maximum atomic E-state index is 14.0. The van der Waals surface area contributed by atoms with Gasteiger partial charge >= 0.3 is 18.1 Å². The molecule has 2 aliphatic heterocycles. The summed E-state index contributed by atoms with van der Waals surface area (Å²) in [7, 11) is 0. The Hall–Kier alpha value is -4.32. The number of carbonyl (C=O) groups is 3. The number of pyridine rings is 1. The second-order valence-corrected chi connectivity index (χ2v) is 10.1. The second-order valence-electron chi connectivity index (χ2n) is 10.1. The lowest BCUT2D eigenvalue weighted by Crippen LogP contribution is -2.61. The van der Waals surface area contributed by atoms with E-state index in [0.717, 1.165) is 17.8 Å². The highest BCUT2D eigenvalue weighted by Gasteiger charge is 2.55. The van der Waals surface area contributed by atoms with Crippen molar-refractivity contribution in [2.75, 3.05) is 31.1 Å². The fourth-order valence-corrected chi connectivity index (χ4v) is 5.41. The molecule has 3 aromatic rings. The molecule has 0 spiro atoms. The van der Waals surface area contributed by atoms with Crippen molar-refractivity contribution in [3.05, 3.63) is 90.0 Å². The van der Waals surface area contributed by atoms with Crippen molar-refractivity contribution in [3.8, 4) is 0 Å². The lowest BCUT2D eigenvalue weighted by atomic mass is 9.95. The Balaban J connectivity index is 1.49. The van der Waals surface area contributed by atoms with Crippen molar-refractivity contribution >= 4 is 29.2 Å². The molecule has 2 aromatic carbocycles. The molecule has 8 nitrogen and oxygen atoms in total. The average Bonchev–Trinajstić information content (AvgIpc) is 3.08. The molecular weight excluding hydrogens is 544 g/mol. The third-order valence-electron chi connectivity index (χ3n) is 7.48. The van der Waals surface area contributed by atoms with Gasteiger partial charge in [0.15, 0.2) is 5.69 Å². The minimum atomic E-state index is -5.35. The molecule has 3 heterocycles. The highest BCUT2D eigenvalue weighted by molar-refractivity contribution is 5.99. The van der Waals surface area contributed by atoms with E-state index < -0.39 is 41.0 Å². The maximum Gasteiger partial charge on any atom is 0.497 e. The third kappa shape index (κ3) is 5.92. The number of benzene rings is 2. The van der Waals surface area contributed by atoms with E-state index in [1.807, 2.05) is 12.1 Å². The molecule has 2 aliphatic rings. The van der Waals surface area contributed by atoms with Gasteiger partial charge in [-0.2, -0.15) is 13.2 Å². The average molecular weight is 572 g/mol. The number of hydrogen-bond acceptors (Lipinski definition) is 6. The normalized spacial score (nSPS) is 19.9. The smallest absolute Gasteiger partial charge is 0.371 e. The van der Waals surface area contributed by atoms with Crippen molar-refractivity contribution in [2.45, 2.75) is 25.6 Å². The summed E-state index contributed by atoms with van der Waals surface area (Å²) in [6.07, 6.45) is -0.950. The summed E-state index contributed by atoms with van der Waals surface area (Å²) in [5.41, 5.74) is 1.49. The van der Waals surface area contributed by atoms with E-state index >= 15 is 0 Å². The van der Waals surface area contributed by atoms with E-state index in [4.69, 9.17) is 4.84 Å². The summed E-state index contributed by atoms with van der Waals surface area (Å²) in [4.78, 5) is 52.0. The predicted octanol–water partition coefficient (Wildman–Crippen LogP) is 4.65. The number of quaternary nitrogens is 1. The van der Waals surface area contributed by atoms with Crippen LogP contribution >= 0.6 is 0 Å². The van der Waals surface area contributed by atoms with Crippen LogP contribution in [0.15, 0.2) is 73.1 Å². The molecule has 5 rings (SSSR count). The minimum Gasteiger partial charge on any atom is -0.371 e. The van der Waals surface area contributed by atoms with E-state index in [1.54, 1.807) is 30.6 Å². The number of carbonyl (C=O) groups excluding carboxylic acids is 3. The van der Waals surface area contributed by atoms with Crippen LogP contribution in [0.4, 0.5) is 28.9 Å². The first-order valence-corrected chi connectivity index (χ1v) is 13.1. The van der Waals surface area contributed by atoms with Crippen molar-refractivity contribution in [3.63, 3.8) is 0 Å². The van der Waals surface area contributed by atoms with Crippen LogP contribution in [0.1, 0.15) is 28.8 Å². The van der Waals surface area contributed by atoms with Gasteiger partial charge in [0.1, 0.15) is 18.9 Å². The number of anilines is 1. The standard InChI is InChI=1S/C29H27F4N4O4/c30-23-7-5-21(6-8-23)27(39)36-17-22-3-1-2-4-25(22)37(26(38)18-36,41-28(40)29(31,32)33)19-20-11-15-35(16-12-20)24-9-13-34-14-10-24/h1-10,13-14,20H,11-12,15-19H2/q+1. The molecule has 0 saturated carbocycles. The molecule has 1 atom stereocenters. The summed E-state index contributed by atoms with van der Waals surface area (Å²) in [5, 5.41) is 0. The third-order valence-corrected chi connectivity index (χ3v) is 7.48. The Morgan fingerprint density at radius 2 is 1.61 bits per heavy atom. The Bertz CT molecular complexity index is 1430. The van der Waals surface area contributed by atoms with E-state index in [9.17, 15) is 31.9 Å². The van der Waals surface area contributed by atoms with E-state index in [1.165, 1.54) is 23.1 Å². The van der Waals surface area contributed by atoms with Crippen molar-refractivity contribution < 1.29 is 36.8 Å². The second kappa shape index (κ2) is 11.3.